The fourth-order valence-electron chi connectivity index (χ4n) is 1.36. The maximum atomic E-state index is 10.8. The summed E-state index contributed by atoms with van der Waals surface area (Å²) >= 11 is 5.46. The van der Waals surface area contributed by atoms with E-state index in [-0.39, 0.29) is 12.1 Å². The minimum atomic E-state index is -0.360. The lowest BCUT2D eigenvalue weighted by Crippen LogP contribution is -2.07. The van der Waals surface area contributed by atoms with Crippen LogP contribution in [0.2, 0.25) is 0 Å². The molecule has 0 rings (SSSR count). The van der Waals surface area contributed by atoms with E-state index in [9.17, 15) is 9.90 Å². The van der Waals surface area contributed by atoms with Crippen LogP contribution in [0.5, 0.6) is 0 Å². The van der Waals surface area contributed by atoms with E-state index in [2.05, 4.69) is 4.74 Å². The Hall–Kier alpha value is -0.280. The van der Waals surface area contributed by atoms with Crippen LogP contribution >= 0.6 is 11.6 Å². The Morgan fingerprint density at radius 3 is 2.47 bits per heavy atom. The summed E-state index contributed by atoms with van der Waals surface area (Å²) in [7, 11) is 1.41. The van der Waals surface area contributed by atoms with Crippen LogP contribution in [0.3, 0.4) is 0 Å². The number of rotatable bonds is 9. The molecule has 0 aromatic carbocycles. The number of unbranched alkanes of at least 4 members (excludes halogenated alkanes) is 4. The van der Waals surface area contributed by atoms with Gasteiger partial charge >= 0.3 is 5.97 Å². The third kappa shape index (κ3) is 10.0. The molecule has 0 saturated heterocycles. The number of ether oxygens (including phenoxy) is 1. The van der Waals surface area contributed by atoms with Gasteiger partial charge in [-0.1, -0.05) is 25.7 Å². The van der Waals surface area contributed by atoms with E-state index in [1.54, 1.807) is 0 Å². The van der Waals surface area contributed by atoms with E-state index in [0.717, 1.165) is 38.5 Å². The number of hydrogen-bond donors (Lipinski definition) is 1. The number of carbonyl (C=O) groups excluding carboxylic acids is 1. The predicted octanol–water partition coefficient (Wildman–Crippen LogP) is 2.49. The van der Waals surface area contributed by atoms with E-state index < -0.39 is 0 Å². The summed E-state index contributed by atoms with van der Waals surface area (Å²) in [6, 6.07) is 0. The zero-order valence-electron chi connectivity index (χ0n) is 9.38. The van der Waals surface area contributed by atoms with Crippen molar-refractivity contribution in [3.05, 3.63) is 0 Å². The molecule has 0 spiro atoms. The van der Waals surface area contributed by atoms with Crippen LogP contribution in [0.15, 0.2) is 0 Å². The first-order chi connectivity index (χ1) is 7.20. The maximum Gasteiger partial charge on any atom is 0.305 e. The molecule has 0 unspecified atom stereocenters. The molecule has 1 atom stereocenters. The summed E-state index contributed by atoms with van der Waals surface area (Å²) in [6.45, 7) is 0. The molecule has 0 saturated carbocycles. The van der Waals surface area contributed by atoms with Crippen molar-refractivity contribution in [3.63, 3.8) is 0 Å². The highest BCUT2D eigenvalue weighted by molar-refractivity contribution is 6.18. The number of methoxy groups -OCH3 is 1. The second kappa shape index (κ2) is 10.2. The zero-order chi connectivity index (χ0) is 11.5. The van der Waals surface area contributed by atoms with Crippen LogP contribution in [0.25, 0.3) is 0 Å². The molecule has 0 heterocycles. The van der Waals surface area contributed by atoms with Gasteiger partial charge in [-0.3, -0.25) is 4.79 Å². The standard InChI is InChI=1S/C11H21ClO3/c1-15-11(14)8-6-4-2-3-5-7-10(13)9-12/h10,13H,2-9H2,1H3/t10-/m0/s1. The Kier molecular flexibility index (Phi) is 10.1. The lowest BCUT2D eigenvalue weighted by Gasteiger charge is -2.05. The molecule has 0 aliphatic rings. The highest BCUT2D eigenvalue weighted by atomic mass is 35.5. The van der Waals surface area contributed by atoms with Crippen molar-refractivity contribution in [3.8, 4) is 0 Å². The van der Waals surface area contributed by atoms with Crippen molar-refractivity contribution < 1.29 is 14.6 Å². The largest absolute Gasteiger partial charge is 0.469 e. The van der Waals surface area contributed by atoms with Crippen LogP contribution in [0.1, 0.15) is 44.9 Å². The van der Waals surface area contributed by atoms with Crippen molar-refractivity contribution in [2.75, 3.05) is 13.0 Å². The average molecular weight is 237 g/mol. The summed E-state index contributed by atoms with van der Waals surface area (Å²) in [5, 5.41) is 9.17. The van der Waals surface area contributed by atoms with Crippen LogP contribution in [-0.4, -0.2) is 30.2 Å². The Bertz CT molecular complexity index is 162. The smallest absolute Gasteiger partial charge is 0.305 e. The van der Waals surface area contributed by atoms with Gasteiger partial charge in [0.25, 0.3) is 0 Å². The molecule has 1 N–H and O–H groups in total. The van der Waals surface area contributed by atoms with Gasteiger partial charge in [-0.2, -0.15) is 0 Å². The molecule has 0 aliphatic heterocycles. The lowest BCUT2D eigenvalue weighted by atomic mass is 10.1. The van der Waals surface area contributed by atoms with E-state index in [1.165, 1.54) is 7.11 Å². The Morgan fingerprint density at radius 1 is 1.27 bits per heavy atom. The number of alkyl halides is 1. The van der Waals surface area contributed by atoms with Crippen molar-refractivity contribution >= 4 is 17.6 Å². The van der Waals surface area contributed by atoms with Gasteiger partial charge in [0.15, 0.2) is 0 Å². The number of aliphatic hydroxyl groups excluding tert-OH is 1. The molecule has 0 fully saturated rings. The second-order valence-electron chi connectivity index (χ2n) is 3.69. The molecule has 0 radical (unpaired) electrons. The first kappa shape index (κ1) is 14.7. The quantitative estimate of drug-likeness (QED) is 0.380. The fourth-order valence-corrected chi connectivity index (χ4v) is 1.51. The molecule has 3 nitrogen and oxygen atoms in total. The summed E-state index contributed by atoms with van der Waals surface area (Å²) in [4.78, 5) is 10.8. The minimum absolute atomic E-state index is 0.132. The number of aliphatic hydroxyl groups is 1. The molecule has 90 valence electrons. The zero-order valence-corrected chi connectivity index (χ0v) is 10.1. The molecule has 4 heteroatoms. The average Bonchev–Trinajstić information content (AvgIpc) is 2.26. The van der Waals surface area contributed by atoms with E-state index >= 15 is 0 Å². The molecule has 15 heavy (non-hydrogen) atoms. The Morgan fingerprint density at radius 2 is 1.87 bits per heavy atom. The van der Waals surface area contributed by atoms with Crippen LogP contribution in [0, 0.1) is 0 Å². The predicted molar refractivity (Wildman–Crippen MR) is 61.1 cm³/mol. The minimum Gasteiger partial charge on any atom is -0.469 e. The number of hydrogen-bond acceptors (Lipinski definition) is 3. The third-order valence-corrected chi connectivity index (χ3v) is 2.68. The van der Waals surface area contributed by atoms with Gasteiger partial charge < -0.3 is 9.84 Å². The van der Waals surface area contributed by atoms with Crippen LogP contribution < -0.4 is 0 Å². The summed E-state index contributed by atoms with van der Waals surface area (Å²) in [5.74, 6) is 0.190. The van der Waals surface area contributed by atoms with Gasteiger partial charge in [0.05, 0.1) is 13.2 Å². The van der Waals surface area contributed by atoms with Gasteiger partial charge in [0.2, 0.25) is 0 Å². The molecule has 0 aliphatic carbocycles. The van der Waals surface area contributed by atoms with Gasteiger partial charge in [-0.15, -0.1) is 11.6 Å². The van der Waals surface area contributed by atoms with Gasteiger partial charge in [-0.25, -0.2) is 0 Å². The van der Waals surface area contributed by atoms with Crippen molar-refractivity contribution in [2.45, 2.75) is 51.0 Å². The van der Waals surface area contributed by atoms with E-state index in [4.69, 9.17) is 11.6 Å². The van der Waals surface area contributed by atoms with Crippen LogP contribution in [-0.2, 0) is 9.53 Å². The van der Waals surface area contributed by atoms with E-state index in [1.807, 2.05) is 0 Å². The van der Waals surface area contributed by atoms with Crippen molar-refractivity contribution in [1.29, 1.82) is 0 Å². The highest BCUT2D eigenvalue weighted by Crippen LogP contribution is 2.09. The number of carbonyl (C=O) groups is 1. The maximum absolute atomic E-state index is 10.8. The normalized spacial score (nSPS) is 12.5. The molecule has 0 aromatic rings. The van der Waals surface area contributed by atoms with Crippen molar-refractivity contribution in [2.24, 2.45) is 0 Å². The van der Waals surface area contributed by atoms with E-state index in [0.29, 0.717) is 12.3 Å². The molecule has 0 bridgehead atoms. The third-order valence-electron chi connectivity index (χ3n) is 2.32. The van der Waals surface area contributed by atoms with Gasteiger partial charge in [0.1, 0.15) is 0 Å². The summed E-state index contributed by atoms with van der Waals surface area (Å²) in [5.41, 5.74) is 0. The summed E-state index contributed by atoms with van der Waals surface area (Å²) < 4.78 is 4.54. The Labute approximate surface area is 96.8 Å². The first-order valence-corrected chi connectivity index (χ1v) is 6.05. The second-order valence-corrected chi connectivity index (χ2v) is 4.00. The SMILES string of the molecule is COC(=O)CCCCCCC[C@H](O)CCl. The van der Waals surface area contributed by atoms with Crippen LogP contribution in [0.4, 0.5) is 0 Å². The first-order valence-electron chi connectivity index (χ1n) is 5.51. The lowest BCUT2D eigenvalue weighted by molar-refractivity contribution is -0.140. The topological polar surface area (TPSA) is 46.5 Å². The molecule has 0 aromatic heterocycles. The number of esters is 1. The molecular formula is C11H21ClO3. The number of halogens is 1. The molecular weight excluding hydrogens is 216 g/mol. The fraction of sp³-hybridized carbons (Fsp3) is 0.909. The van der Waals surface area contributed by atoms with Crippen molar-refractivity contribution in [1.82, 2.24) is 0 Å². The van der Waals surface area contributed by atoms with Gasteiger partial charge in [0, 0.05) is 12.3 Å². The summed E-state index contributed by atoms with van der Waals surface area (Å²) in [6.07, 6.45) is 6.08. The monoisotopic (exact) mass is 236 g/mol. The Balaban J connectivity index is 3.08. The van der Waals surface area contributed by atoms with Gasteiger partial charge in [-0.05, 0) is 12.8 Å². The molecule has 0 amide bonds. The highest BCUT2D eigenvalue weighted by Gasteiger charge is 2.02.